The minimum absolute atomic E-state index is 0.156. The molecule has 24 heavy (non-hydrogen) atoms. The summed E-state index contributed by atoms with van der Waals surface area (Å²) < 4.78 is 4.64. The maximum atomic E-state index is 12.1. The Morgan fingerprint density at radius 2 is 1.58 bits per heavy atom. The average Bonchev–Trinajstić information content (AvgIpc) is 2.57. The molecule has 0 aliphatic heterocycles. The van der Waals surface area contributed by atoms with Gasteiger partial charge < -0.3 is 15.4 Å². The van der Waals surface area contributed by atoms with Crippen molar-refractivity contribution in [3.05, 3.63) is 58.6 Å². The van der Waals surface area contributed by atoms with Crippen LogP contribution in [-0.2, 0) is 14.3 Å². The third-order valence-corrected chi connectivity index (χ3v) is 3.46. The minimum Gasteiger partial charge on any atom is -0.465 e. The number of carbonyl (C=O) groups excluding carboxylic acids is 3. The molecule has 0 fully saturated rings. The van der Waals surface area contributed by atoms with Gasteiger partial charge in [0.15, 0.2) is 0 Å². The van der Waals surface area contributed by atoms with Gasteiger partial charge in [0.05, 0.1) is 18.4 Å². The van der Waals surface area contributed by atoms with Crippen LogP contribution >= 0.6 is 11.6 Å². The summed E-state index contributed by atoms with van der Waals surface area (Å²) >= 11 is 5.85. The molecule has 2 aromatic rings. The molecule has 0 aliphatic carbocycles. The van der Waals surface area contributed by atoms with Crippen LogP contribution in [0.1, 0.15) is 15.9 Å². The topological polar surface area (TPSA) is 84.5 Å². The van der Waals surface area contributed by atoms with Gasteiger partial charge in [-0.3, -0.25) is 9.59 Å². The smallest absolute Gasteiger partial charge is 0.339 e. The number of esters is 1. The molecule has 0 aliphatic rings. The Morgan fingerprint density at radius 1 is 0.958 bits per heavy atom. The zero-order chi connectivity index (χ0) is 17.7. The Morgan fingerprint density at radius 3 is 2.21 bits per heavy atom. The van der Waals surface area contributed by atoms with Gasteiger partial charge in [0.25, 0.3) is 0 Å². The zero-order valence-electron chi connectivity index (χ0n) is 13.1. The molecule has 0 atom stereocenters. The van der Waals surface area contributed by atoms with Gasteiger partial charge in [0, 0.05) is 10.7 Å². The van der Waals surface area contributed by atoms with E-state index in [1.165, 1.54) is 19.2 Å². The Bertz CT molecular complexity index is 805. The quantitative estimate of drug-likeness (QED) is 0.661. The van der Waals surface area contributed by atoms with Crippen LogP contribution < -0.4 is 10.6 Å². The normalized spacial score (nSPS) is 9.96. The third kappa shape index (κ3) is 4.11. The average molecular weight is 347 g/mol. The highest BCUT2D eigenvalue weighted by atomic mass is 35.5. The van der Waals surface area contributed by atoms with Crippen LogP contribution in [0.3, 0.4) is 0 Å². The molecule has 0 bridgehead atoms. The van der Waals surface area contributed by atoms with E-state index in [2.05, 4.69) is 15.4 Å². The second-order valence-electron chi connectivity index (χ2n) is 4.90. The number of amides is 2. The second kappa shape index (κ2) is 7.61. The number of hydrogen-bond acceptors (Lipinski definition) is 4. The van der Waals surface area contributed by atoms with Gasteiger partial charge in [-0.1, -0.05) is 23.7 Å². The zero-order valence-corrected chi connectivity index (χ0v) is 13.8. The number of methoxy groups -OCH3 is 1. The first-order chi connectivity index (χ1) is 11.4. The van der Waals surface area contributed by atoms with E-state index in [4.69, 9.17) is 11.6 Å². The molecule has 0 saturated carbocycles. The van der Waals surface area contributed by atoms with E-state index in [0.29, 0.717) is 10.7 Å². The summed E-state index contributed by atoms with van der Waals surface area (Å²) in [6.07, 6.45) is 0. The largest absolute Gasteiger partial charge is 0.465 e. The molecule has 2 N–H and O–H groups in total. The Labute approximate surface area is 143 Å². The lowest BCUT2D eigenvalue weighted by molar-refractivity contribution is -0.133. The highest BCUT2D eigenvalue weighted by Crippen LogP contribution is 2.20. The lowest BCUT2D eigenvalue weighted by Crippen LogP contribution is -2.30. The number of halogens is 1. The number of anilines is 2. The van der Waals surface area contributed by atoms with Gasteiger partial charge in [-0.2, -0.15) is 0 Å². The summed E-state index contributed by atoms with van der Waals surface area (Å²) in [6, 6.07) is 11.1. The van der Waals surface area contributed by atoms with Crippen molar-refractivity contribution in [1.29, 1.82) is 0 Å². The second-order valence-corrected chi connectivity index (χ2v) is 5.34. The monoisotopic (exact) mass is 346 g/mol. The van der Waals surface area contributed by atoms with Crippen molar-refractivity contribution in [1.82, 2.24) is 0 Å². The Kier molecular flexibility index (Phi) is 5.55. The number of rotatable bonds is 3. The van der Waals surface area contributed by atoms with Crippen LogP contribution in [0.5, 0.6) is 0 Å². The minimum atomic E-state index is -0.902. The molecule has 6 nitrogen and oxygen atoms in total. The molecule has 0 spiro atoms. The summed E-state index contributed by atoms with van der Waals surface area (Å²) in [4.78, 5) is 35.8. The van der Waals surface area contributed by atoms with Gasteiger partial charge in [-0.05, 0) is 42.8 Å². The summed E-state index contributed by atoms with van der Waals surface area (Å²) in [6.45, 7) is 1.76. The van der Waals surface area contributed by atoms with Crippen molar-refractivity contribution in [2.75, 3.05) is 17.7 Å². The van der Waals surface area contributed by atoms with Gasteiger partial charge in [0.2, 0.25) is 0 Å². The predicted molar refractivity (Wildman–Crippen MR) is 91.2 cm³/mol. The van der Waals surface area contributed by atoms with Crippen molar-refractivity contribution in [3.8, 4) is 0 Å². The Hall–Kier alpha value is -2.86. The molecule has 0 saturated heterocycles. The van der Waals surface area contributed by atoms with Crippen LogP contribution in [0, 0.1) is 6.92 Å². The summed E-state index contributed by atoms with van der Waals surface area (Å²) in [5.74, 6) is -2.37. The van der Waals surface area contributed by atoms with E-state index >= 15 is 0 Å². The van der Waals surface area contributed by atoms with E-state index < -0.39 is 17.8 Å². The SMILES string of the molecule is COC(=O)c1ccccc1NC(=O)C(=O)Nc1ccc(Cl)cc1C. The standard InChI is InChI=1S/C17H15ClN2O4/c1-10-9-11(18)7-8-13(10)19-15(21)16(22)20-14-6-4-3-5-12(14)17(23)24-2/h3-9H,1-2H3,(H,19,21)(H,20,22). The van der Waals surface area contributed by atoms with Crippen LogP contribution in [0.2, 0.25) is 5.02 Å². The number of nitrogens with one attached hydrogen (secondary N) is 2. The molecular weight excluding hydrogens is 332 g/mol. The molecule has 7 heteroatoms. The summed E-state index contributed by atoms with van der Waals surface area (Å²) in [5.41, 5.74) is 1.54. The summed E-state index contributed by atoms with van der Waals surface area (Å²) in [5, 5.41) is 5.42. The first-order valence-corrected chi connectivity index (χ1v) is 7.36. The summed E-state index contributed by atoms with van der Waals surface area (Å²) in [7, 11) is 1.23. The number of ether oxygens (including phenoxy) is 1. The number of benzene rings is 2. The fraction of sp³-hybridized carbons (Fsp3) is 0.118. The lowest BCUT2D eigenvalue weighted by atomic mass is 10.1. The van der Waals surface area contributed by atoms with Crippen LogP contribution in [-0.4, -0.2) is 24.9 Å². The van der Waals surface area contributed by atoms with Gasteiger partial charge in [-0.25, -0.2) is 4.79 Å². The molecule has 0 unspecified atom stereocenters. The maximum absolute atomic E-state index is 12.1. The number of carbonyl (C=O) groups is 3. The van der Waals surface area contributed by atoms with Crippen molar-refractivity contribution in [2.24, 2.45) is 0 Å². The van der Waals surface area contributed by atoms with Crippen molar-refractivity contribution in [3.63, 3.8) is 0 Å². The van der Waals surface area contributed by atoms with E-state index in [0.717, 1.165) is 5.56 Å². The lowest BCUT2D eigenvalue weighted by Gasteiger charge is -2.11. The molecule has 124 valence electrons. The fourth-order valence-electron chi connectivity index (χ4n) is 2.01. The molecule has 2 amide bonds. The van der Waals surface area contributed by atoms with E-state index in [-0.39, 0.29) is 11.3 Å². The Balaban J connectivity index is 2.12. The van der Waals surface area contributed by atoms with Crippen LogP contribution in [0.4, 0.5) is 11.4 Å². The number of para-hydroxylation sites is 1. The highest BCUT2D eigenvalue weighted by Gasteiger charge is 2.18. The molecule has 0 heterocycles. The molecule has 2 rings (SSSR count). The van der Waals surface area contributed by atoms with E-state index in [9.17, 15) is 14.4 Å². The van der Waals surface area contributed by atoms with Crippen molar-refractivity contribution in [2.45, 2.75) is 6.92 Å². The first-order valence-electron chi connectivity index (χ1n) is 6.98. The van der Waals surface area contributed by atoms with Crippen LogP contribution in [0.15, 0.2) is 42.5 Å². The first kappa shape index (κ1) is 17.5. The number of aryl methyl sites for hydroxylation is 1. The highest BCUT2D eigenvalue weighted by molar-refractivity contribution is 6.44. The van der Waals surface area contributed by atoms with Crippen LogP contribution in [0.25, 0.3) is 0 Å². The van der Waals surface area contributed by atoms with Crippen molar-refractivity contribution < 1.29 is 19.1 Å². The van der Waals surface area contributed by atoms with Gasteiger partial charge >= 0.3 is 17.8 Å². The third-order valence-electron chi connectivity index (χ3n) is 3.22. The molecule has 2 aromatic carbocycles. The van der Waals surface area contributed by atoms with E-state index in [1.54, 1.807) is 37.3 Å². The predicted octanol–water partition coefficient (Wildman–Crippen LogP) is 3.01. The molecular formula is C17H15ClN2O4. The fourth-order valence-corrected chi connectivity index (χ4v) is 2.23. The van der Waals surface area contributed by atoms with Gasteiger partial charge in [0.1, 0.15) is 0 Å². The molecule has 0 aromatic heterocycles. The van der Waals surface area contributed by atoms with E-state index in [1.807, 2.05) is 0 Å². The number of hydrogen-bond donors (Lipinski definition) is 2. The van der Waals surface area contributed by atoms with Crippen molar-refractivity contribution >= 4 is 40.8 Å². The maximum Gasteiger partial charge on any atom is 0.339 e. The molecule has 0 radical (unpaired) electrons. The van der Waals surface area contributed by atoms with Gasteiger partial charge in [-0.15, -0.1) is 0 Å².